The van der Waals surface area contributed by atoms with Crippen LogP contribution in [0.5, 0.6) is 0 Å². The van der Waals surface area contributed by atoms with Crippen molar-refractivity contribution in [2.75, 3.05) is 5.32 Å². The number of fused-ring (bicyclic) bond motifs is 1. The lowest BCUT2D eigenvalue weighted by molar-refractivity contribution is -0.117. The first kappa shape index (κ1) is 17.6. The predicted octanol–water partition coefficient (Wildman–Crippen LogP) is 3.90. The van der Waals surface area contributed by atoms with Gasteiger partial charge in [-0.05, 0) is 59.2 Å². The number of benzene rings is 1. The quantitative estimate of drug-likeness (QED) is 0.724. The molecule has 3 aliphatic rings. The number of pyridine rings is 1. The highest BCUT2D eigenvalue weighted by Crippen LogP contribution is 2.78. The number of amides is 1. The normalized spacial score (nSPS) is 30.1. The zero-order chi connectivity index (χ0) is 20.7. The summed E-state index contributed by atoms with van der Waals surface area (Å²) in [5.41, 5.74) is 2.14. The highest BCUT2D eigenvalue weighted by Gasteiger charge is 2.75. The highest BCUT2D eigenvalue weighted by molar-refractivity contribution is 5.96. The van der Waals surface area contributed by atoms with E-state index in [-0.39, 0.29) is 28.6 Å². The Kier molecular flexibility index (Phi) is 3.35. The van der Waals surface area contributed by atoms with Gasteiger partial charge in [0.25, 0.3) is 0 Å². The molecule has 0 saturated heterocycles. The number of hydrogen-bond donors (Lipinski definition) is 1. The van der Waals surface area contributed by atoms with Crippen LogP contribution in [0.3, 0.4) is 0 Å². The van der Waals surface area contributed by atoms with Crippen molar-refractivity contribution in [3.8, 4) is 6.07 Å². The van der Waals surface area contributed by atoms with Crippen molar-refractivity contribution in [1.29, 1.82) is 5.26 Å². The molecule has 3 fully saturated rings. The molecule has 3 saturated carbocycles. The van der Waals surface area contributed by atoms with E-state index in [1.54, 1.807) is 10.9 Å². The Morgan fingerprint density at radius 3 is 2.77 bits per heavy atom. The van der Waals surface area contributed by atoms with Crippen LogP contribution in [0.15, 0.2) is 42.9 Å². The van der Waals surface area contributed by atoms with Crippen LogP contribution in [0.1, 0.15) is 43.2 Å². The van der Waals surface area contributed by atoms with Crippen molar-refractivity contribution in [3.05, 3.63) is 54.0 Å². The van der Waals surface area contributed by atoms with E-state index in [0.717, 1.165) is 41.2 Å². The number of nitriles is 1. The number of carbonyl (C=O) groups excluding carboxylic acids is 1. The van der Waals surface area contributed by atoms with Crippen molar-refractivity contribution in [3.63, 3.8) is 0 Å². The molecule has 1 aromatic carbocycles. The van der Waals surface area contributed by atoms with E-state index in [1.165, 1.54) is 0 Å². The van der Waals surface area contributed by atoms with Gasteiger partial charge in [0.15, 0.2) is 0 Å². The minimum absolute atomic E-state index is 0.00646. The molecule has 1 N–H and O–H groups in total. The number of nitrogens with zero attached hydrogens (tertiary/aromatic N) is 4. The highest BCUT2D eigenvalue weighted by atomic mass is 16.2. The van der Waals surface area contributed by atoms with Gasteiger partial charge in [0.2, 0.25) is 5.91 Å². The third-order valence-electron chi connectivity index (χ3n) is 7.69. The Bertz CT molecular complexity index is 1250. The topological polar surface area (TPSA) is 83.6 Å². The summed E-state index contributed by atoms with van der Waals surface area (Å²) < 4.78 is 1.78. The molecule has 0 aliphatic heterocycles. The van der Waals surface area contributed by atoms with Gasteiger partial charge in [-0.1, -0.05) is 19.1 Å². The largest absolute Gasteiger partial charge is 0.310 e. The maximum Gasteiger partial charge on any atom is 0.229 e. The molecule has 1 amide bonds. The monoisotopic (exact) mass is 397 g/mol. The fourth-order valence-corrected chi connectivity index (χ4v) is 5.52. The fourth-order valence-electron chi connectivity index (χ4n) is 5.52. The lowest BCUT2D eigenvalue weighted by Crippen LogP contribution is -2.16. The van der Waals surface area contributed by atoms with E-state index >= 15 is 0 Å². The molecule has 4 atom stereocenters. The zero-order valence-electron chi connectivity index (χ0n) is 17.1. The summed E-state index contributed by atoms with van der Waals surface area (Å²) in [7, 11) is 1.89. The van der Waals surface area contributed by atoms with E-state index < -0.39 is 0 Å². The van der Waals surface area contributed by atoms with Crippen molar-refractivity contribution >= 4 is 22.5 Å². The Balaban J connectivity index is 1.24. The lowest BCUT2D eigenvalue weighted by atomic mass is 9.92. The number of nitrogens with one attached hydrogen (secondary N) is 1. The molecule has 30 heavy (non-hydrogen) atoms. The summed E-state index contributed by atoms with van der Waals surface area (Å²) in [6.07, 6.45) is 8.93. The van der Waals surface area contributed by atoms with Gasteiger partial charge >= 0.3 is 0 Å². The van der Waals surface area contributed by atoms with Crippen LogP contribution in [-0.2, 0) is 17.3 Å². The molecular weight excluding hydrogens is 374 g/mol. The predicted molar refractivity (Wildman–Crippen MR) is 113 cm³/mol. The molecule has 2 aromatic heterocycles. The van der Waals surface area contributed by atoms with Crippen molar-refractivity contribution < 1.29 is 4.79 Å². The summed E-state index contributed by atoms with van der Waals surface area (Å²) >= 11 is 0. The number of anilines is 1. The van der Waals surface area contributed by atoms with Crippen LogP contribution in [0.4, 0.5) is 5.82 Å². The smallest absolute Gasteiger partial charge is 0.229 e. The summed E-state index contributed by atoms with van der Waals surface area (Å²) in [6, 6.07) is 10.7. The maximum absolute atomic E-state index is 12.9. The van der Waals surface area contributed by atoms with E-state index in [4.69, 9.17) is 0 Å². The summed E-state index contributed by atoms with van der Waals surface area (Å²) in [4.78, 5) is 17.3. The molecule has 6 nitrogen and oxygen atoms in total. The van der Waals surface area contributed by atoms with Gasteiger partial charge in [-0.3, -0.25) is 9.48 Å². The van der Waals surface area contributed by atoms with Gasteiger partial charge in [0.05, 0.1) is 17.7 Å². The molecule has 6 heteroatoms. The third-order valence-corrected chi connectivity index (χ3v) is 7.69. The van der Waals surface area contributed by atoms with Crippen LogP contribution in [-0.4, -0.2) is 20.7 Å². The van der Waals surface area contributed by atoms with Crippen LogP contribution in [0, 0.1) is 28.6 Å². The second kappa shape index (κ2) is 5.69. The Hall–Kier alpha value is -3.20. The molecule has 0 unspecified atom stereocenters. The molecule has 1 spiro atoms. The molecular formula is C24H23N5O. The molecule has 2 heterocycles. The first-order chi connectivity index (χ1) is 14.5. The second-order valence-electron chi connectivity index (χ2n) is 9.45. The van der Waals surface area contributed by atoms with Gasteiger partial charge in [-0.2, -0.15) is 10.4 Å². The second-order valence-corrected chi connectivity index (χ2v) is 9.45. The molecule has 6 rings (SSSR count). The minimum Gasteiger partial charge on any atom is -0.310 e. The van der Waals surface area contributed by atoms with Crippen LogP contribution < -0.4 is 5.32 Å². The maximum atomic E-state index is 12.9. The van der Waals surface area contributed by atoms with E-state index in [9.17, 15) is 10.1 Å². The van der Waals surface area contributed by atoms with Crippen molar-refractivity contribution in [2.24, 2.45) is 24.3 Å². The van der Waals surface area contributed by atoms with E-state index in [2.05, 4.69) is 40.5 Å². The molecule has 0 bridgehead atoms. The average molecular weight is 397 g/mol. The number of hydrogen-bond acceptors (Lipinski definition) is 4. The van der Waals surface area contributed by atoms with Crippen molar-refractivity contribution in [1.82, 2.24) is 14.8 Å². The Morgan fingerprint density at radius 2 is 2.10 bits per heavy atom. The summed E-state index contributed by atoms with van der Waals surface area (Å²) in [5.74, 6) is 1.02. The average Bonchev–Trinajstić information content (AvgIpc) is 3.69. The first-order valence-electron chi connectivity index (χ1n) is 10.6. The summed E-state index contributed by atoms with van der Waals surface area (Å²) in [5, 5.41) is 19.1. The first-order valence-corrected chi connectivity index (χ1v) is 10.6. The van der Waals surface area contributed by atoms with Gasteiger partial charge in [0.1, 0.15) is 5.82 Å². The lowest BCUT2D eigenvalue weighted by Gasteiger charge is -2.11. The zero-order valence-corrected chi connectivity index (χ0v) is 17.1. The van der Waals surface area contributed by atoms with Crippen molar-refractivity contribution in [2.45, 2.75) is 37.5 Å². The molecule has 3 aromatic rings. The molecule has 0 radical (unpaired) electrons. The number of carbonyl (C=O) groups is 1. The molecule has 3 aliphatic carbocycles. The van der Waals surface area contributed by atoms with Crippen LogP contribution in [0.25, 0.3) is 10.8 Å². The van der Waals surface area contributed by atoms with Crippen LogP contribution in [0.2, 0.25) is 0 Å². The van der Waals surface area contributed by atoms with E-state index in [0.29, 0.717) is 11.7 Å². The number of aryl methyl sites for hydroxylation is 1. The van der Waals surface area contributed by atoms with Crippen LogP contribution >= 0.6 is 0 Å². The van der Waals surface area contributed by atoms with Gasteiger partial charge in [0, 0.05) is 36.7 Å². The fraction of sp³-hybridized carbons (Fsp3) is 0.417. The minimum atomic E-state index is -0.311. The number of aromatic nitrogens is 3. The van der Waals surface area contributed by atoms with Gasteiger partial charge < -0.3 is 5.32 Å². The Morgan fingerprint density at radius 1 is 1.27 bits per heavy atom. The van der Waals surface area contributed by atoms with Gasteiger partial charge in [-0.15, -0.1) is 0 Å². The SMILES string of the molecule is C[C@H]1[C@@H](C(=O)Nc2cc3cc([C@]4(C#N)CC45CC5)ccc3cn2)[C@H]1c1cnn(C)c1. The van der Waals surface area contributed by atoms with Gasteiger partial charge in [-0.25, -0.2) is 4.98 Å². The number of rotatable bonds is 4. The Labute approximate surface area is 174 Å². The third kappa shape index (κ3) is 2.38. The molecule has 150 valence electrons. The summed E-state index contributed by atoms with van der Waals surface area (Å²) in [6.45, 7) is 2.10. The standard InChI is InChI=1S/C24H23N5O/c1-14-20(17-10-27-29(2)11-17)21(14)22(30)28-19-8-16-7-18(4-3-15(16)9-26-19)24(13-25)12-23(24)5-6-23/h3-4,7-11,14,20-21H,5-6,12H2,1-2H3,(H,26,28,30)/t14-,20-,21-,24-/m1/s1. The van der Waals surface area contributed by atoms with E-state index in [1.807, 2.05) is 31.6 Å².